The highest BCUT2D eigenvalue weighted by molar-refractivity contribution is 7.91. The lowest BCUT2D eigenvalue weighted by atomic mass is 10.0. The molecule has 1 unspecified atom stereocenters. The van der Waals surface area contributed by atoms with Gasteiger partial charge >= 0.3 is 0 Å². The Balaban J connectivity index is 1.44. The number of hydrogen-bond acceptors (Lipinski definition) is 7. The number of aromatic amines is 1. The molecule has 0 aliphatic rings. The van der Waals surface area contributed by atoms with Crippen molar-refractivity contribution in [1.29, 1.82) is 0 Å². The van der Waals surface area contributed by atoms with Crippen molar-refractivity contribution in [2.45, 2.75) is 43.1 Å². The van der Waals surface area contributed by atoms with E-state index in [9.17, 15) is 14.5 Å². The van der Waals surface area contributed by atoms with Gasteiger partial charge in [-0.2, -0.15) is 0 Å². The van der Waals surface area contributed by atoms with Crippen LogP contribution in [0.1, 0.15) is 41.8 Å². The van der Waals surface area contributed by atoms with Gasteiger partial charge in [0.15, 0.2) is 21.4 Å². The standard InChI is InChI=1S/C25H24N4O4S/c1-3-4-22-23(14-13-21(16(2)30)24(22)31)33-15-17-5-9-19(10-6-17)34(32)20-11-7-18(8-12-20)25-26-28-29-27-25/h5-14,31H,3-4,15H2,1-2H3,(H,26,27,28,29). The molecular formula is C25H24N4O4S. The van der Waals surface area contributed by atoms with Crippen molar-refractivity contribution >= 4 is 17.0 Å². The van der Waals surface area contributed by atoms with E-state index in [0.717, 1.165) is 17.5 Å². The molecule has 34 heavy (non-hydrogen) atoms. The van der Waals surface area contributed by atoms with E-state index < -0.39 is 11.2 Å². The van der Waals surface area contributed by atoms with E-state index in [1.165, 1.54) is 6.92 Å². The Morgan fingerprint density at radius 3 is 2.32 bits per heavy atom. The summed E-state index contributed by atoms with van der Waals surface area (Å²) >= 11 is -1.33. The third-order valence-electron chi connectivity index (χ3n) is 5.34. The van der Waals surface area contributed by atoms with Crippen LogP contribution in [0.4, 0.5) is 0 Å². The number of H-pyrrole nitrogens is 1. The van der Waals surface area contributed by atoms with Crippen LogP contribution in [0.5, 0.6) is 11.5 Å². The Hall–Kier alpha value is -3.69. The Labute approximate surface area is 200 Å². The second-order valence-electron chi connectivity index (χ2n) is 7.72. The molecule has 0 saturated heterocycles. The molecule has 0 aliphatic heterocycles. The van der Waals surface area contributed by atoms with Crippen LogP contribution in [0.2, 0.25) is 0 Å². The number of phenolic OH excluding ortho intramolecular Hbond substituents is 1. The molecule has 9 heteroatoms. The number of aromatic hydroxyl groups is 1. The molecule has 4 rings (SSSR count). The van der Waals surface area contributed by atoms with Crippen LogP contribution in [-0.2, 0) is 24.2 Å². The maximum atomic E-state index is 13.0. The van der Waals surface area contributed by atoms with E-state index in [1.807, 2.05) is 43.3 Å². The molecule has 174 valence electrons. The molecule has 0 saturated carbocycles. The molecule has 3 aromatic carbocycles. The number of benzene rings is 3. The molecular weight excluding hydrogens is 452 g/mol. The van der Waals surface area contributed by atoms with Crippen molar-refractivity contribution < 1.29 is 19.2 Å². The van der Waals surface area contributed by atoms with Gasteiger partial charge in [-0.25, -0.2) is 5.10 Å². The van der Waals surface area contributed by atoms with Gasteiger partial charge in [-0.3, -0.25) is 4.79 Å². The number of carbonyl (C=O) groups excluding carboxylic acids is 1. The van der Waals surface area contributed by atoms with Crippen LogP contribution in [0.25, 0.3) is 11.4 Å². The molecule has 0 fully saturated rings. The topological polar surface area (TPSA) is 124 Å². The van der Waals surface area contributed by atoms with Gasteiger partial charge in [0.1, 0.15) is 18.1 Å². The van der Waals surface area contributed by atoms with Crippen molar-refractivity contribution in [1.82, 2.24) is 20.6 Å². The number of hydrogen-bond donors (Lipinski definition) is 2. The van der Waals surface area contributed by atoms with Gasteiger partial charge in [-0.05, 0) is 77.9 Å². The third kappa shape index (κ3) is 5.11. The summed E-state index contributed by atoms with van der Waals surface area (Å²) in [5.41, 5.74) is 2.64. The molecule has 1 atom stereocenters. The Kier molecular flexibility index (Phi) is 7.24. The van der Waals surface area contributed by atoms with Crippen LogP contribution in [-0.4, -0.2) is 36.1 Å². The van der Waals surface area contributed by atoms with Gasteiger partial charge in [0, 0.05) is 22.3 Å². The van der Waals surface area contributed by atoms with Crippen molar-refractivity contribution in [3.05, 3.63) is 77.4 Å². The summed E-state index contributed by atoms with van der Waals surface area (Å²) in [6.45, 7) is 3.71. The average molecular weight is 477 g/mol. The van der Waals surface area contributed by atoms with E-state index in [1.54, 1.807) is 24.3 Å². The fraction of sp³-hybridized carbons (Fsp3) is 0.200. The summed E-state index contributed by atoms with van der Waals surface area (Å²) in [7, 11) is 0. The zero-order valence-electron chi connectivity index (χ0n) is 18.8. The number of Topliss-reactive ketones (excluding diaryl/α,β-unsaturated/α-hetero) is 1. The number of rotatable bonds is 9. The first-order valence-corrected chi connectivity index (χ1v) is 12.0. The number of tetrazole rings is 1. The van der Waals surface area contributed by atoms with Crippen molar-refractivity contribution in [3.63, 3.8) is 0 Å². The van der Waals surface area contributed by atoms with Gasteiger partial charge in [0.2, 0.25) is 0 Å². The van der Waals surface area contributed by atoms with E-state index >= 15 is 0 Å². The SMILES string of the molecule is CCCc1c(OCc2ccc([S+]([O-])c3ccc(-c4nnn[nH]4)cc3)cc2)ccc(C(C)=O)c1O. The fourth-order valence-electron chi connectivity index (χ4n) is 3.55. The van der Waals surface area contributed by atoms with E-state index in [4.69, 9.17) is 4.74 Å². The number of ether oxygens (including phenoxy) is 1. The Morgan fingerprint density at radius 1 is 1.06 bits per heavy atom. The van der Waals surface area contributed by atoms with E-state index in [2.05, 4.69) is 20.6 Å². The molecule has 0 spiro atoms. The summed E-state index contributed by atoms with van der Waals surface area (Å²) in [6.07, 6.45) is 1.41. The first-order valence-electron chi connectivity index (χ1n) is 10.8. The fourth-order valence-corrected chi connectivity index (χ4v) is 4.59. The van der Waals surface area contributed by atoms with Gasteiger partial charge in [0.25, 0.3) is 0 Å². The molecule has 1 aromatic heterocycles. The summed E-state index contributed by atoms with van der Waals surface area (Å²) < 4.78 is 18.9. The molecule has 1 heterocycles. The zero-order valence-corrected chi connectivity index (χ0v) is 19.6. The lowest BCUT2D eigenvalue weighted by Crippen LogP contribution is -2.04. The third-order valence-corrected chi connectivity index (χ3v) is 6.74. The number of aromatic nitrogens is 4. The number of phenols is 1. The van der Waals surface area contributed by atoms with Crippen LogP contribution in [0, 0.1) is 0 Å². The average Bonchev–Trinajstić information content (AvgIpc) is 3.39. The number of nitrogens with zero attached hydrogens (tertiary/aromatic N) is 3. The second-order valence-corrected chi connectivity index (χ2v) is 9.20. The molecule has 4 aromatic rings. The minimum atomic E-state index is -1.33. The van der Waals surface area contributed by atoms with Crippen LogP contribution >= 0.6 is 0 Å². The largest absolute Gasteiger partial charge is 0.606 e. The highest BCUT2D eigenvalue weighted by Crippen LogP contribution is 2.33. The Morgan fingerprint density at radius 2 is 1.74 bits per heavy atom. The molecule has 0 amide bonds. The van der Waals surface area contributed by atoms with Crippen LogP contribution in [0.3, 0.4) is 0 Å². The minimum absolute atomic E-state index is 0.0109. The van der Waals surface area contributed by atoms with Crippen molar-refractivity contribution in [2.75, 3.05) is 0 Å². The minimum Gasteiger partial charge on any atom is -0.606 e. The predicted octanol–water partition coefficient (Wildman–Crippen LogP) is 4.47. The summed E-state index contributed by atoms with van der Waals surface area (Å²) in [5.74, 6) is 0.907. The second kappa shape index (κ2) is 10.5. The highest BCUT2D eigenvalue weighted by Gasteiger charge is 2.17. The zero-order chi connectivity index (χ0) is 24.1. The first-order chi connectivity index (χ1) is 16.5. The normalized spacial score (nSPS) is 11.9. The highest BCUT2D eigenvalue weighted by atomic mass is 32.2. The van der Waals surface area contributed by atoms with Crippen LogP contribution in [0.15, 0.2) is 70.5 Å². The monoisotopic (exact) mass is 476 g/mol. The van der Waals surface area contributed by atoms with E-state index in [-0.39, 0.29) is 18.1 Å². The Bertz CT molecular complexity index is 1260. The lowest BCUT2D eigenvalue weighted by Gasteiger charge is -2.15. The maximum absolute atomic E-state index is 13.0. The van der Waals surface area contributed by atoms with Gasteiger partial charge in [-0.15, -0.1) is 5.10 Å². The predicted molar refractivity (Wildman–Crippen MR) is 127 cm³/mol. The number of nitrogens with one attached hydrogen (secondary N) is 1. The molecule has 8 nitrogen and oxygen atoms in total. The molecule has 2 N–H and O–H groups in total. The molecule has 0 bridgehead atoms. The summed E-state index contributed by atoms with van der Waals surface area (Å²) in [5, 5.41) is 24.2. The van der Waals surface area contributed by atoms with Gasteiger partial charge < -0.3 is 14.4 Å². The molecule has 0 radical (unpaired) electrons. The van der Waals surface area contributed by atoms with Crippen molar-refractivity contribution in [3.8, 4) is 22.9 Å². The molecule has 0 aliphatic carbocycles. The smallest absolute Gasteiger partial charge is 0.179 e. The van der Waals surface area contributed by atoms with Gasteiger partial charge in [-0.1, -0.05) is 25.5 Å². The van der Waals surface area contributed by atoms with Crippen LogP contribution < -0.4 is 4.74 Å². The van der Waals surface area contributed by atoms with Crippen molar-refractivity contribution in [2.24, 2.45) is 0 Å². The quantitative estimate of drug-likeness (QED) is 0.270. The first kappa shape index (κ1) is 23.5. The van der Waals surface area contributed by atoms with Gasteiger partial charge in [0.05, 0.1) is 5.56 Å². The lowest BCUT2D eigenvalue weighted by molar-refractivity contribution is 0.101. The maximum Gasteiger partial charge on any atom is 0.179 e. The summed E-state index contributed by atoms with van der Waals surface area (Å²) in [4.78, 5) is 13.1. The summed E-state index contributed by atoms with van der Waals surface area (Å²) in [6, 6.07) is 17.9. The number of ketones is 1. The number of carbonyl (C=O) groups is 1. The van der Waals surface area contributed by atoms with E-state index in [0.29, 0.717) is 38.9 Å².